The van der Waals surface area contributed by atoms with E-state index in [9.17, 15) is 4.79 Å². The van der Waals surface area contributed by atoms with Gasteiger partial charge in [-0.2, -0.15) is 5.10 Å². The lowest BCUT2D eigenvalue weighted by Gasteiger charge is -2.39. The van der Waals surface area contributed by atoms with E-state index in [-0.39, 0.29) is 12.2 Å². The van der Waals surface area contributed by atoms with Crippen LogP contribution in [0, 0.1) is 0 Å². The van der Waals surface area contributed by atoms with E-state index in [0.717, 1.165) is 43.4 Å². The smallest absolute Gasteiger partial charge is 0.269 e. The number of hydrogen-bond donors (Lipinski definition) is 1. The summed E-state index contributed by atoms with van der Waals surface area (Å²) in [6, 6.07) is 17.6. The molecular formula is C23H21ClN4O2S2. The second-order valence-electron chi connectivity index (χ2n) is 7.29. The van der Waals surface area contributed by atoms with E-state index in [1.54, 1.807) is 11.8 Å². The molecule has 0 saturated heterocycles. The molecule has 3 aromatic rings. The number of para-hydroxylation sites is 1. The SMILES string of the molecule is CCOc1ccccc1CN1C(=O)c2sccc2N2C(SCc3ccc(Cl)cc3)=NNC12. The Labute approximate surface area is 199 Å². The number of thiophene rings is 1. The van der Waals surface area contributed by atoms with Gasteiger partial charge in [-0.05, 0) is 42.1 Å². The summed E-state index contributed by atoms with van der Waals surface area (Å²) in [5.41, 5.74) is 6.20. The molecule has 2 aliphatic heterocycles. The normalized spacial score (nSPS) is 17.0. The molecule has 0 fully saturated rings. The number of nitrogens with zero attached hydrogens (tertiary/aromatic N) is 3. The fourth-order valence-electron chi connectivity index (χ4n) is 3.77. The van der Waals surface area contributed by atoms with Gasteiger partial charge in [-0.15, -0.1) is 11.3 Å². The Bertz CT molecular complexity index is 1160. The van der Waals surface area contributed by atoms with Crippen molar-refractivity contribution in [3.63, 3.8) is 0 Å². The van der Waals surface area contributed by atoms with Crippen molar-refractivity contribution in [1.82, 2.24) is 10.3 Å². The minimum absolute atomic E-state index is 0.00537. The van der Waals surface area contributed by atoms with Crippen LogP contribution in [0.15, 0.2) is 65.1 Å². The molecule has 164 valence electrons. The number of amides is 1. The number of thioether (sulfide) groups is 1. The van der Waals surface area contributed by atoms with Gasteiger partial charge in [0.25, 0.3) is 5.91 Å². The molecule has 5 rings (SSSR count). The van der Waals surface area contributed by atoms with E-state index in [4.69, 9.17) is 16.3 Å². The molecule has 9 heteroatoms. The van der Waals surface area contributed by atoms with Crippen LogP contribution >= 0.6 is 34.7 Å². The number of fused-ring (bicyclic) bond motifs is 3. The summed E-state index contributed by atoms with van der Waals surface area (Å²) in [4.78, 5) is 18.0. The number of nitrogens with one attached hydrogen (secondary N) is 1. The highest BCUT2D eigenvalue weighted by Gasteiger charge is 2.44. The fraction of sp³-hybridized carbons (Fsp3) is 0.217. The molecule has 1 atom stereocenters. The summed E-state index contributed by atoms with van der Waals surface area (Å²) in [6.45, 7) is 2.95. The maximum atomic E-state index is 13.4. The van der Waals surface area contributed by atoms with Crippen LogP contribution in [-0.2, 0) is 12.3 Å². The number of halogens is 1. The van der Waals surface area contributed by atoms with Crippen LogP contribution in [0.25, 0.3) is 0 Å². The van der Waals surface area contributed by atoms with Gasteiger partial charge in [-0.25, -0.2) is 0 Å². The minimum atomic E-state index is -0.382. The van der Waals surface area contributed by atoms with Crippen LogP contribution in [0.1, 0.15) is 27.7 Å². The first-order valence-electron chi connectivity index (χ1n) is 10.2. The third kappa shape index (κ3) is 3.94. The second kappa shape index (κ2) is 9.05. The molecule has 1 unspecified atom stereocenters. The molecule has 3 heterocycles. The monoisotopic (exact) mass is 484 g/mol. The van der Waals surface area contributed by atoms with Crippen molar-refractivity contribution >= 4 is 51.5 Å². The van der Waals surface area contributed by atoms with Crippen molar-refractivity contribution in [1.29, 1.82) is 0 Å². The van der Waals surface area contributed by atoms with Gasteiger partial charge < -0.3 is 4.74 Å². The molecule has 1 aromatic heterocycles. The van der Waals surface area contributed by atoms with Gasteiger partial charge in [-0.3, -0.25) is 20.0 Å². The molecule has 2 aliphatic rings. The summed E-state index contributed by atoms with van der Waals surface area (Å²) in [5.74, 6) is 1.54. The standard InChI is InChI=1S/C23H21ClN4O2S2/c1-2-30-19-6-4-3-5-16(19)13-27-21(29)20-18(11-12-31-20)28-22(27)25-26-23(28)32-14-15-7-9-17(24)10-8-15/h3-12,22,25H,2,13-14H2,1H3. The van der Waals surface area contributed by atoms with Crippen LogP contribution in [0.4, 0.5) is 5.69 Å². The third-order valence-corrected chi connectivity index (χ3v) is 7.44. The quantitative estimate of drug-likeness (QED) is 0.511. The highest BCUT2D eigenvalue weighted by molar-refractivity contribution is 8.13. The van der Waals surface area contributed by atoms with Gasteiger partial charge in [0.15, 0.2) is 5.17 Å². The van der Waals surface area contributed by atoms with E-state index in [2.05, 4.69) is 15.4 Å². The van der Waals surface area contributed by atoms with Gasteiger partial charge in [0.2, 0.25) is 6.29 Å². The number of carbonyl (C=O) groups is 1. The van der Waals surface area contributed by atoms with Crippen molar-refractivity contribution < 1.29 is 9.53 Å². The molecule has 0 radical (unpaired) electrons. The fourth-order valence-corrected chi connectivity index (χ4v) is 5.68. The van der Waals surface area contributed by atoms with Gasteiger partial charge in [0.05, 0.1) is 18.8 Å². The van der Waals surface area contributed by atoms with Crippen molar-refractivity contribution in [2.24, 2.45) is 5.10 Å². The number of rotatable bonds is 6. The van der Waals surface area contributed by atoms with Crippen LogP contribution in [0.5, 0.6) is 5.75 Å². The van der Waals surface area contributed by atoms with Crippen molar-refractivity contribution in [2.45, 2.75) is 25.5 Å². The minimum Gasteiger partial charge on any atom is -0.494 e. The molecule has 1 N–H and O–H groups in total. The van der Waals surface area contributed by atoms with Crippen LogP contribution in [-0.4, -0.2) is 28.9 Å². The summed E-state index contributed by atoms with van der Waals surface area (Å²) in [5, 5.41) is 8.10. The van der Waals surface area contributed by atoms with Crippen LogP contribution < -0.4 is 15.1 Å². The van der Waals surface area contributed by atoms with Gasteiger partial charge in [0.1, 0.15) is 10.6 Å². The van der Waals surface area contributed by atoms with Crippen molar-refractivity contribution in [3.8, 4) is 5.75 Å². The number of ether oxygens (including phenoxy) is 1. The first-order valence-corrected chi connectivity index (χ1v) is 12.5. The highest BCUT2D eigenvalue weighted by atomic mass is 35.5. The molecule has 0 saturated carbocycles. The topological polar surface area (TPSA) is 57.2 Å². The molecule has 6 nitrogen and oxygen atoms in total. The Kier molecular flexibility index (Phi) is 5.99. The summed E-state index contributed by atoms with van der Waals surface area (Å²) >= 11 is 9.09. The van der Waals surface area contributed by atoms with Crippen LogP contribution in [0.2, 0.25) is 5.02 Å². The number of amidine groups is 1. The lowest BCUT2D eigenvalue weighted by Crippen LogP contribution is -2.57. The van der Waals surface area contributed by atoms with E-state index in [1.807, 2.05) is 71.8 Å². The average molecular weight is 485 g/mol. The van der Waals surface area contributed by atoms with E-state index >= 15 is 0 Å². The zero-order valence-electron chi connectivity index (χ0n) is 17.3. The van der Waals surface area contributed by atoms with Gasteiger partial charge in [0, 0.05) is 16.3 Å². The molecule has 0 aliphatic carbocycles. The number of hydrogen-bond acceptors (Lipinski definition) is 7. The Morgan fingerprint density at radius 1 is 1.19 bits per heavy atom. The molecule has 1 amide bonds. The highest BCUT2D eigenvalue weighted by Crippen LogP contribution is 2.39. The van der Waals surface area contributed by atoms with Gasteiger partial charge in [-0.1, -0.05) is 53.7 Å². The lowest BCUT2D eigenvalue weighted by molar-refractivity contribution is 0.0627. The zero-order valence-corrected chi connectivity index (χ0v) is 19.7. The third-order valence-electron chi connectivity index (χ3n) is 5.27. The number of hydrazone groups is 1. The molecule has 2 aromatic carbocycles. The summed E-state index contributed by atoms with van der Waals surface area (Å²) < 4.78 is 5.79. The molecule has 0 bridgehead atoms. The average Bonchev–Trinajstić information content (AvgIpc) is 3.45. The van der Waals surface area contributed by atoms with Crippen molar-refractivity contribution in [2.75, 3.05) is 11.5 Å². The molecule has 32 heavy (non-hydrogen) atoms. The van der Waals surface area contributed by atoms with Crippen molar-refractivity contribution in [3.05, 3.63) is 81.0 Å². The molecule has 0 spiro atoms. The first kappa shape index (κ1) is 21.2. The maximum absolute atomic E-state index is 13.4. The largest absolute Gasteiger partial charge is 0.494 e. The Balaban J connectivity index is 1.41. The lowest BCUT2D eigenvalue weighted by atomic mass is 10.1. The number of carbonyl (C=O) groups excluding carboxylic acids is 1. The van der Waals surface area contributed by atoms with E-state index in [1.165, 1.54) is 11.3 Å². The van der Waals surface area contributed by atoms with Crippen LogP contribution in [0.3, 0.4) is 0 Å². The maximum Gasteiger partial charge on any atom is 0.269 e. The van der Waals surface area contributed by atoms with E-state index in [0.29, 0.717) is 13.2 Å². The number of anilines is 1. The second-order valence-corrected chi connectivity index (χ2v) is 9.59. The Hall–Kier alpha value is -2.68. The zero-order chi connectivity index (χ0) is 22.1. The predicted molar refractivity (Wildman–Crippen MR) is 131 cm³/mol. The summed E-state index contributed by atoms with van der Waals surface area (Å²) in [6.07, 6.45) is -0.382. The Morgan fingerprint density at radius 3 is 2.81 bits per heavy atom. The first-order chi connectivity index (χ1) is 15.7. The molecular weight excluding hydrogens is 464 g/mol. The predicted octanol–water partition coefficient (Wildman–Crippen LogP) is 5.35. The Morgan fingerprint density at radius 2 is 2.00 bits per heavy atom. The van der Waals surface area contributed by atoms with E-state index < -0.39 is 0 Å². The number of benzene rings is 2. The summed E-state index contributed by atoms with van der Waals surface area (Å²) in [7, 11) is 0. The van der Waals surface area contributed by atoms with Gasteiger partial charge >= 0.3 is 0 Å².